The van der Waals surface area contributed by atoms with E-state index < -0.39 is 0 Å². The molecule has 0 radical (unpaired) electrons. The summed E-state index contributed by atoms with van der Waals surface area (Å²) < 4.78 is 0. The molecule has 0 unspecified atom stereocenters. The Hall–Kier alpha value is -3.20. The van der Waals surface area contributed by atoms with E-state index in [4.69, 9.17) is 0 Å². The van der Waals surface area contributed by atoms with E-state index in [1.807, 2.05) is 44.9 Å². The first-order valence-electron chi connectivity index (χ1n) is 15.0. The molecule has 1 rings (SSSR count). The Morgan fingerprint density at radius 2 is 1.47 bits per heavy atom. The van der Waals surface area contributed by atoms with Crippen LogP contribution in [0.3, 0.4) is 0 Å². The van der Waals surface area contributed by atoms with Crippen LogP contribution in [0.25, 0.3) is 0 Å². The van der Waals surface area contributed by atoms with Gasteiger partial charge in [0.1, 0.15) is 0 Å². The second-order valence-electron chi connectivity index (χ2n) is 9.26. The minimum atomic E-state index is -0.220. The number of nitrogens with one attached hydrogen (secondary N) is 3. The highest BCUT2D eigenvalue weighted by molar-refractivity contribution is 7.98. The maximum Gasteiger partial charge on any atom is 0.253 e. The Balaban J connectivity index is -0.000000602. The van der Waals surface area contributed by atoms with E-state index in [1.54, 1.807) is 30.9 Å². The van der Waals surface area contributed by atoms with Gasteiger partial charge in [-0.05, 0) is 95.7 Å². The van der Waals surface area contributed by atoms with Gasteiger partial charge in [-0.15, -0.1) is 25.7 Å². The number of rotatable bonds is 15. The van der Waals surface area contributed by atoms with Crippen molar-refractivity contribution in [2.24, 2.45) is 0 Å². The van der Waals surface area contributed by atoms with Crippen molar-refractivity contribution >= 4 is 29.5 Å². The molecule has 1 aromatic carbocycles. The van der Waals surface area contributed by atoms with Crippen molar-refractivity contribution < 1.29 is 14.4 Å². The molecule has 0 bridgehead atoms. The zero-order valence-corrected chi connectivity index (χ0v) is 29.5. The monoisotopic (exact) mass is 616 g/mol. The number of likely N-dealkylation sites (N-methyl/N-ethyl adjacent to an activating group) is 1. The molecule has 1 atom stereocenters. The average Bonchev–Trinajstić information content (AvgIpc) is 3.04. The van der Waals surface area contributed by atoms with E-state index in [0.29, 0.717) is 43.7 Å². The predicted octanol–water partition coefficient (Wildman–Crippen LogP) is 6.33. The van der Waals surface area contributed by atoms with Crippen molar-refractivity contribution in [2.45, 2.75) is 87.1 Å². The summed E-state index contributed by atoms with van der Waals surface area (Å²) in [6, 6.07) is 5.11. The maximum atomic E-state index is 12.9. The normalized spacial score (nSPS) is 9.72. The Morgan fingerprint density at radius 1 is 0.953 bits per heavy atom. The molecule has 0 saturated heterocycles. The minimum Gasteiger partial charge on any atom is -0.358 e. The van der Waals surface area contributed by atoms with Crippen LogP contribution in [0.15, 0.2) is 29.8 Å². The third-order valence-corrected chi connectivity index (χ3v) is 6.29. The van der Waals surface area contributed by atoms with Crippen LogP contribution < -0.4 is 16.0 Å². The van der Waals surface area contributed by atoms with Crippen LogP contribution in [0.4, 0.5) is 0 Å². The van der Waals surface area contributed by atoms with Crippen LogP contribution in [-0.2, 0) is 4.79 Å². The fourth-order valence-corrected chi connectivity index (χ4v) is 3.95. The van der Waals surface area contributed by atoms with E-state index >= 15 is 0 Å². The lowest BCUT2D eigenvalue weighted by atomic mass is 10.0. The van der Waals surface area contributed by atoms with E-state index in [-0.39, 0.29) is 23.8 Å². The van der Waals surface area contributed by atoms with Crippen LogP contribution >= 0.6 is 11.8 Å². The van der Waals surface area contributed by atoms with Gasteiger partial charge >= 0.3 is 0 Å². The Kier molecular flexibility index (Phi) is 36.2. The van der Waals surface area contributed by atoms with Crippen molar-refractivity contribution in [1.82, 2.24) is 20.9 Å². The lowest BCUT2D eigenvalue weighted by Crippen LogP contribution is -2.44. The van der Waals surface area contributed by atoms with E-state index in [0.717, 1.165) is 30.6 Å². The van der Waals surface area contributed by atoms with E-state index in [2.05, 4.69) is 75.4 Å². The van der Waals surface area contributed by atoms with Gasteiger partial charge in [-0.3, -0.25) is 14.4 Å². The molecule has 244 valence electrons. The summed E-state index contributed by atoms with van der Waals surface area (Å²) >= 11 is 1.71. The molecular weight excluding hydrogens is 556 g/mol. The van der Waals surface area contributed by atoms with Crippen molar-refractivity contribution in [3.05, 3.63) is 46.5 Å². The van der Waals surface area contributed by atoms with Gasteiger partial charge in [0.25, 0.3) is 11.8 Å². The van der Waals surface area contributed by atoms with Crippen LogP contribution in [0.1, 0.15) is 100 Å². The summed E-state index contributed by atoms with van der Waals surface area (Å²) in [5, 5.41) is 8.87. The Bertz CT molecular complexity index is 926. The molecule has 3 N–H and O–H groups in total. The molecule has 0 spiro atoms. The Morgan fingerprint density at radius 3 is 1.91 bits per heavy atom. The summed E-state index contributed by atoms with van der Waals surface area (Å²) in [5.74, 6) is 0.677. The fraction of sp³-hybridized carbons (Fsp3) is 0.571. The van der Waals surface area contributed by atoms with Crippen LogP contribution in [0.2, 0.25) is 0 Å². The zero-order valence-electron chi connectivity index (χ0n) is 28.6. The third-order valence-electron chi connectivity index (χ3n) is 5.64. The highest BCUT2D eigenvalue weighted by Gasteiger charge is 2.18. The molecule has 8 heteroatoms. The highest BCUT2D eigenvalue weighted by Crippen LogP contribution is 2.13. The largest absolute Gasteiger partial charge is 0.358 e. The second-order valence-corrected chi connectivity index (χ2v) is 10.2. The lowest BCUT2D eigenvalue weighted by Gasteiger charge is -2.22. The summed E-state index contributed by atoms with van der Waals surface area (Å²) in [5.41, 5.74) is 3.32. The number of thioether (sulfide) groups is 1. The van der Waals surface area contributed by atoms with Gasteiger partial charge < -0.3 is 20.9 Å². The van der Waals surface area contributed by atoms with Gasteiger partial charge in [0, 0.05) is 37.8 Å². The molecule has 0 aliphatic heterocycles. The molecule has 0 aromatic heterocycles. The first-order chi connectivity index (χ1) is 20.6. The molecule has 0 fully saturated rings. The highest BCUT2D eigenvalue weighted by atomic mass is 32.2. The van der Waals surface area contributed by atoms with Gasteiger partial charge in [0.2, 0.25) is 5.91 Å². The number of nitrogens with zero attached hydrogens (tertiary/aromatic N) is 1. The van der Waals surface area contributed by atoms with Gasteiger partial charge in [-0.1, -0.05) is 39.3 Å². The maximum absolute atomic E-state index is 12.9. The van der Waals surface area contributed by atoms with E-state index in [9.17, 15) is 14.4 Å². The van der Waals surface area contributed by atoms with Crippen molar-refractivity contribution in [3.63, 3.8) is 0 Å². The number of amides is 3. The number of hydrogen-bond donors (Lipinski definition) is 3. The smallest absolute Gasteiger partial charge is 0.253 e. The first kappa shape index (κ1) is 46.7. The van der Waals surface area contributed by atoms with Gasteiger partial charge in [0.05, 0.1) is 6.04 Å². The SMILES string of the molecule is C#C.C#C.CC.CC=C(C)C.CCCN(CCC)C(=O)c1cc(C)cc(C(=O)NCCCN[C@@H](CCSC)C(=O)NC)c1. The Labute approximate surface area is 268 Å². The summed E-state index contributed by atoms with van der Waals surface area (Å²) in [4.78, 5) is 39.4. The van der Waals surface area contributed by atoms with Crippen LogP contribution in [0, 0.1) is 32.6 Å². The quantitative estimate of drug-likeness (QED) is 0.122. The summed E-state index contributed by atoms with van der Waals surface area (Å²) in [6.45, 7) is 18.8. The molecule has 0 heterocycles. The number of hydrogen-bond acceptors (Lipinski definition) is 5. The second kappa shape index (κ2) is 33.3. The minimum absolute atomic E-state index is 0.0137. The first-order valence-corrected chi connectivity index (χ1v) is 16.4. The van der Waals surface area contributed by atoms with Crippen LogP contribution in [-0.4, -0.2) is 73.9 Å². The molecular formula is C35H60N4O3S. The molecule has 0 saturated carbocycles. The van der Waals surface area contributed by atoms with E-state index in [1.165, 1.54) is 5.57 Å². The zero-order chi connectivity index (χ0) is 34.2. The summed E-state index contributed by atoms with van der Waals surface area (Å²) in [6.07, 6.45) is 23.4. The third kappa shape index (κ3) is 24.0. The molecule has 1 aromatic rings. The fourth-order valence-electron chi connectivity index (χ4n) is 3.48. The molecule has 0 aliphatic carbocycles. The van der Waals surface area contributed by atoms with Gasteiger partial charge in [-0.25, -0.2) is 0 Å². The van der Waals surface area contributed by atoms with Crippen molar-refractivity contribution in [2.75, 3.05) is 45.2 Å². The van der Waals surface area contributed by atoms with Crippen LogP contribution in [0.5, 0.6) is 0 Å². The number of terminal acetylenes is 2. The summed E-state index contributed by atoms with van der Waals surface area (Å²) in [7, 11) is 1.64. The average molecular weight is 617 g/mol. The molecule has 0 aliphatic rings. The standard InChI is InChI=1S/C24H40N4O3S.C5H10.C2H6.2C2H2/c1-6-12-28(13-7-2)24(31)20-16-18(3)15-19(17-20)22(29)27-11-8-10-26-21(9-14-32-5)23(30)25-4;1-4-5(2)3;3*1-2/h15-17,21,26H,6-14H2,1-5H3,(H,25,30)(H,27,29);4H,1-3H3;1-2H3;2*1-2H/t21-;;;;/m0..../s1. The molecule has 43 heavy (non-hydrogen) atoms. The molecule has 3 amide bonds. The lowest BCUT2D eigenvalue weighted by molar-refractivity contribution is -0.122. The number of benzene rings is 1. The number of carbonyl (C=O) groups excluding carboxylic acids is 3. The van der Waals surface area contributed by atoms with Gasteiger partial charge in [0.15, 0.2) is 0 Å². The number of allylic oxidation sites excluding steroid dienone is 2. The predicted molar refractivity (Wildman–Crippen MR) is 190 cm³/mol. The molecule has 7 nitrogen and oxygen atoms in total. The number of aryl methyl sites for hydroxylation is 1. The van der Waals surface area contributed by atoms with Crippen molar-refractivity contribution in [3.8, 4) is 25.7 Å². The topological polar surface area (TPSA) is 90.5 Å². The van der Waals surface area contributed by atoms with Gasteiger partial charge in [-0.2, -0.15) is 11.8 Å². The number of carbonyl (C=O) groups is 3. The van der Waals surface area contributed by atoms with Crippen molar-refractivity contribution in [1.29, 1.82) is 0 Å².